The Balaban J connectivity index is 1.58. The summed E-state index contributed by atoms with van der Waals surface area (Å²) in [5, 5.41) is 0.883. The van der Waals surface area contributed by atoms with E-state index in [1.165, 1.54) is 25.0 Å². The van der Waals surface area contributed by atoms with Crippen LogP contribution in [0.4, 0.5) is 5.95 Å². The third kappa shape index (κ3) is 6.11. The largest absolute Gasteiger partial charge is 0.495 e. The molecule has 39 heavy (non-hydrogen) atoms. The number of benzene rings is 1. The van der Waals surface area contributed by atoms with Gasteiger partial charge in [-0.05, 0) is 20.2 Å². The second-order valence-electron chi connectivity index (χ2n) is 9.21. The van der Waals surface area contributed by atoms with Crippen molar-refractivity contribution in [2.24, 2.45) is 0 Å². The minimum absolute atomic E-state index is 0.0268. The smallest absolute Gasteiger partial charge is 0.260 e. The summed E-state index contributed by atoms with van der Waals surface area (Å²) in [6.45, 7) is 2.02. The number of anilines is 1. The molecule has 2 aromatic heterocycles. The summed E-state index contributed by atoms with van der Waals surface area (Å²) in [7, 11) is 6.79. The van der Waals surface area contributed by atoms with E-state index in [1.54, 1.807) is 23.1 Å². The number of carbonyl (C=O) groups is 1. The van der Waals surface area contributed by atoms with Gasteiger partial charge >= 0.3 is 0 Å². The van der Waals surface area contributed by atoms with E-state index in [2.05, 4.69) is 9.97 Å². The highest BCUT2D eigenvalue weighted by atomic mass is 35.5. The Labute approximate surface area is 235 Å². The van der Waals surface area contributed by atoms with E-state index >= 15 is 0 Å². The number of methoxy groups -OCH3 is 2. The number of nitrogens with two attached hydrogens (primary N) is 1. The zero-order valence-corrected chi connectivity index (χ0v) is 23.6. The molecule has 208 valence electrons. The number of pyridine rings is 1. The van der Waals surface area contributed by atoms with Crippen LogP contribution >= 0.6 is 23.2 Å². The number of ether oxygens (including phenoxy) is 3. The average molecular weight is 577 g/mol. The Hall–Kier alpha value is -3.38. The fraction of sp³-hybridized carbons (Fsp3) is 0.385. The summed E-state index contributed by atoms with van der Waals surface area (Å²) in [6.07, 6.45) is 4.79. The van der Waals surface area contributed by atoms with Crippen molar-refractivity contribution in [3.05, 3.63) is 50.9 Å². The number of halogens is 2. The number of likely N-dealkylation sites (N-methyl/N-ethyl adjacent to an activating group) is 1. The molecule has 0 spiro atoms. The number of fused-ring (bicyclic) bond motifs is 1. The molecule has 1 fully saturated rings. The van der Waals surface area contributed by atoms with Crippen molar-refractivity contribution in [3.8, 4) is 22.6 Å². The van der Waals surface area contributed by atoms with Crippen LogP contribution in [0.25, 0.3) is 22.2 Å². The van der Waals surface area contributed by atoms with Crippen LogP contribution in [0, 0.1) is 0 Å². The van der Waals surface area contributed by atoms with Gasteiger partial charge in [-0.2, -0.15) is 4.98 Å². The van der Waals surface area contributed by atoms with Gasteiger partial charge in [0.05, 0.1) is 49.1 Å². The summed E-state index contributed by atoms with van der Waals surface area (Å²) in [4.78, 5) is 38.1. The predicted molar refractivity (Wildman–Crippen MR) is 151 cm³/mol. The van der Waals surface area contributed by atoms with Crippen molar-refractivity contribution in [1.29, 1.82) is 0 Å². The molecule has 1 saturated heterocycles. The monoisotopic (exact) mass is 576 g/mol. The molecule has 13 heteroatoms. The Morgan fingerprint density at radius 3 is 2.46 bits per heavy atom. The molecule has 11 nitrogen and oxygen atoms in total. The fourth-order valence-electron chi connectivity index (χ4n) is 4.18. The quantitative estimate of drug-likeness (QED) is 0.362. The lowest BCUT2D eigenvalue weighted by atomic mass is 10.0. The van der Waals surface area contributed by atoms with E-state index in [0.717, 1.165) is 0 Å². The molecule has 0 bridgehead atoms. The molecule has 0 saturated carbocycles. The summed E-state index contributed by atoms with van der Waals surface area (Å²) in [5.41, 5.74) is 6.25. The highest BCUT2D eigenvalue weighted by Gasteiger charge is 2.30. The second kappa shape index (κ2) is 12.2. The molecule has 0 aliphatic carbocycles. The molecule has 0 atom stereocenters. The van der Waals surface area contributed by atoms with Crippen LogP contribution in [0.3, 0.4) is 0 Å². The van der Waals surface area contributed by atoms with Gasteiger partial charge in [0.15, 0.2) is 0 Å². The first kappa shape index (κ1) is 28.6. The summed E-state index contributed by atoms with van der Waals surface area (Å²) in [6, 6.07) is 3.16. The molecule has 0 unspecified atom stereocenters. The summed E-state index contributed by atoms with van der Waals surface area (Å²) >= 11 is 13.2. The molecule has 2 N–H and O–H groups in total. The Morgan fingerprint density at radius 1 is 1.18 bits per heavy atom. The number of rotatable bonds is 10. The lowest BCUT2D eigenvalue weighted by Gasteiger charge is -2.38. The van der Waals surface area contributed by atoms with Gasteiger partial charge in [0.1, 0.15) is 17.1 Å². The van der Waals surface area contributed by atoms with Gasteiger partial charge in [0.2, 0.25) is 11.9 Å². The van der Waals surface area contributed by atoms with Crippen molar-refractivity contribution in [3.63, 3.8) is 0 Å². The number of hydrogen-bond acceptors (Lipinski definition) is 9. The fourth-order valence-corrected chi connectivity index (χ4v) is 4.89. The van der Waals surface area contributed by atoms with Crippen molar-refractivity contribution < 1.29 is 19.0 Å². The lowest BCUT2D eigenvalue weighted by molar-refractivity contribution is -0.139. The molecule has 4 rings (SSSR count). The second-order valence-corrected chi connectivity index (χ2v) is 9.96. The summed E-state index contributed by atoms with van der Waals surface area (Å²) < 4.78 is 18.1. The first-order valence-corrected chi connectivity index (χ1v) is 12.9. The first-order valence-electron chi connectivity index (χ1n) is 12.1. The topological polar surface area (TPSA) is 125 Å². The minimum atomic E-state index is -0.403. The number of hydrogen-bond donors (Lipinski definition) is 1. The molecule has 1 amide bonds. The van der Waals surface area contributed by atoms with Crippen LogP contribution in [0.5, 0.6) is 11.5 Å². The molecule has 3 heterocycles. The standard InChI is InChI=1S/C26H30Cl2N6O5/c1-32(2)7-5-6-20(35)33-13-16(14-33)39-9-8-34-24-15(12-30-26(29)31-24)10-17(25(34)36)21-22(27)18(37-3)11-19(38-4)23(21)28/h5-6,10-12,16H,7-9,13-14H2,1-4H3,(H2,29,30,31). The third-order valence-corrected chi connectivity index (χ3v) is 7.00. The number of amides is 1. The number of nitrogen functional groups attached to an aromatic ring is 1. The third-order valence-electron chi connectivity index (χ3n) is 6.25. The molecule has 3 aromatic rings. The highest BCUT2D eigenvalue weighted by molar-refractivity contribution is 6.41. The molecular formula is C26H30Cl2N6O5. The van der Waals surface area contributed by atoms with Crippen molar-refractivity contribution >= 4 is 46.1 Å². The van der Waals surface area contributed by atoms with Crippen LogP contribution in [-0.2, 0) is 16.1 Å². The van der Waals surface area contributed by atoms with E-state index in [0.29, 0.717) is 42.2 Å². The van der Waals surface area contributed by atoms with E-state index in [9.17, 15) is 9.59 Å². The summed E-state index contributed by atoms with van der Waals surface area (Å²) in [5.74, 6) is 0.577. The van der Waals surface area contributed by atoms with Gasteiger partial charge in [-0.15, -0.1) is 0 Å². The SMILES string of the molecule is COc1cc(OC)c(Cl)c(-c2cc3cnc(N)nc3n(CCOC3CN(C(=O)C=CCN(C)C)C3)c2=O)c1Cl. The zero-order valence-electron chi connectivity index (χ0n) is 22.1. The molecule has 0 radical (unpaired) electrons. The van der Waals surface area contributed by atoms with Gasteiger partial charge in [-0.1, -0.05) is 29.3 Å². The minimum Gasteiger partial charge on any atom is -0.495 e. The maximum absolute atomic E-state index is 13.8. The van der Waals surface area contributed by atoms with E-state index in [1.807, 2.05) is 25.1 Å². The Kier molecular flexibility index (Phi) is 8.96. The van der Waals surface area contributed by atoms with E-state index < -0.39 is 5.56 Å². The van der Waals surface area contributed by atoms with Crippen molar-refractivity contribution in [2.45, 2.75) is 12.6 Å². The number of nitrogens with zero attached hydrogens (tertiary/aromatic N) is 5. The van der Waals surface area contributed by atoms with Crippen LogP contribution in [0.15, 0.2) is 35.3 Å². The molecule has 1 aliphatic rings. The first-order chi connectivity index (χ1) is 18.6. The van der Waals surface area contributed by atoms with Crippen molar-refractivity contribution in [2.75, 3.05) is 60.3 Å². The van der Waals surface area contributed by atoms with Crippen LogP contribution in [0.1, 0.15) is 0 Å². The van der Waals surface area contributed by atoms with Crippen LogP contribution < -0.4 is 20.8 Å². The molecule has 1 aliphatic heterocycles. The van der Waals surface area contributed by atoms with Gasteiger partial charge < -0.3 is 29.7 Å². The zero-order chi connectivity index (χ0) is 28.3. The normalized spacial score (nSPS) is 13.9. The average Bonchev–Trinajstić information content (AvgIpc) is 2.87. The predicted octanol–water partition coefficient (Wildman–Crippen LogP) is 2.71. The highest BCUT2D eigenvalue weighted by Crippen LogP contribution is 2.45. The van der Waals surface area contributed by atoms with E-state index in [4.69, 9.17) is 43.1 Å². The Bertz CT molecular complexity index is 1440. The number of aromatic nitrogens is 3. The van der Waals surface area contributed by atoms with Crippen molar-refractivity contribution in [1.82, 2.24) is 24.3 Å². The van der Waals surface area contributed by atoms with E-state index in [-0.39, 0.29) is 52.3 Å². The van der Waals surface area contributed by atoms with Crippen LogP contribution in [0.2, 0.25) is 10.0 Å². The van der Waals surface area contributed by atoms with Crippen LogP contribution in [-0.4, -0.2) is 90.9 Å². The number of carbonyl (C=O) groups excluding carboxylic acids is 1. The Morgan fingerprint density at radius 2 is 1.85 bits per heavy atom. The van der Waals surface area contributed by atoms with Gasteiger partial charge in [-0.25, -0.2) is 4.98 Å². The number of likely N-dealkylation sites (tertiary alicyclic amines) is 1. The molecule has 1 aromatic carbocycles. The van der Waals surface area contributed by atoms with Gasteiger partial charge in [0, 0.05) is 48.9 Å². The van der Waals surface area contributed by atoms with Gasteiger partial charge in [-0.3, -0.25) is 14.2 Å². The molecular weight excluding hydrogens is 547 g/mol. The van der Waals surface area contributed by atoms with Gasteiger partial charge in [0.25, 0.3) is 5.56 Å². The maximum Gasteiger partial charge on any atom is 0.260 e. The lowest BCUT2D eigenvalue weighted by Crippen LogP contribution is -2.54. The maximum atomic E-state index is 13.8.